The molecule has 0 aromatic heterocycles. The van der Waals surface area contributed by atoms with Gasteiger partial charge < -0.3 is 14.7 Å². The number of carbonyl (C=O) groups is 1. The first-order valence-electron chi connectivity index (χ1n) is 4.80. The summed E-state index contributed by atoms with van der Waals surface area (Å²) >= 11 is 0. The lowest BCUT2D eigenvalue weighted by atomic mass is 10.1. The van der Waals surface area contributed by atoms with Gasteiger partial charge in [0, 0.05) is 20.3 Å². The molecule has 0 aliphatic heterocycles. The van der Waals surface area contributed by atoms with E-state index in [1.807, 2.05) is 14.1 Å². The fraction of sp³-hybridized carbons (Fsp3) is 0.250. The number of nitrogens with zero attached hydrogens (tertiary/aromatic N) is 1. The van der Waals surface area contributed by atoms with Crippen molar-refractivity contribution in [2.45, 2.75) is 0 Å². The Morgan fingerprint density at radius 3 is 2.31 bits per heavy atom. The number of phenols is 1. The fourth-order valence-electron chi connectivity index (χ4n) is 1.25. The van der Waals surface area contributed by atoms with Crippen LogP contribution in [0.25, 0.3) is 5.57 Å². The third-order valence-corrected chi connectivity index (χ3v) is 1.97. The Morgan fingerprint density at radius 1 is 1.31 bits per heavy atom. The van der Waals surface area contributed by atoms with Gasteiger partial charge in [0.15, 0.2) is 0 Å². The number of benzene rings is 1. The minimum Gasteiger partial charge on any atom is -0.508 e. The number of methoxy groups -OCH3 is 1. The van der Waals surface area contributed by atoms with Crippen molar-refractivity contribution in [1.82, 2.24) is 4.90 Å². The summed E-state index contributed by atoms with van der Waals surface area (Å²) < 4.78 is 4.70. The zero-order chi connectivity index (χ0) is 12.1. The number of hydrogen-bond acceptors (Lipinski definition) is 4. The molecular weight excluding hydrogens is 206 g/mol. The molecule has 1 rings (SSSR count). The molecule has 0 aliphatic rings. The maximum absolute atomic E-state index is 11.6. The molecule has 0 aliphatic carbocycles. The van der Waals surface area contributed by atoms with Crippen molar-refractivity contribution in [3.63, 3.8) is 0 Å². The largest absolute Gasteiger partial charge is 0.508 e. The second-order valence-electron chi connectivity index (χ2n) is 3.54. The fourth-order valence-corrected chi connectivity index (χ4v) is 1.25. The van der Waals surface area contributed by atoms with Crippen molar-refractivity contribution >= 4 is 11.5 Å². The average molecular weight is 221 g/mol. The molecule has 0 saturated heterocycles. The van der Waals surface area contributed by atoms with Crippen molar-refractivity contribution in [2.75, 3.05) is 21.2 Å². The van der Waals surface area contributed by atoms with Crippen LogP contribution in [0.5, 0.6) is 5.75 Å². The van der Waals surface area contributed by atoms with E-state index in [2.05, 4.69) is 0 Å². The number of hydrogen-bond donors (Lipinski definition) is 1. The van der Waals surface area contributed by atoms with E-state index in [0.29, 0.717) is 11.1 Å². The van der Waals surface area contributed by atoms with E-state index >= 15 is 0 Å². The summed E-state index contributed by atoms with van der Waals surface area (Å²) in [7, 11) is 4.99. The Morgan fingerprint density at radius 2 is 1.88 bits per heavy atom. The summed E-state index contributed by atoms with van der Waals surface area (Å²) in [6.45, 7) is 0. The first-order chi connectivity index (χ1) is 7.54. The van der Waals surface area contributed by atoms with Gasteiger partial charge in [-0.15, -0.1) is 0 Å². The Balaban J connectivity index is 3.11. The van der Waals surface area contributed by atoms with Gasteiger partial charge in [0.1, 0.15) is 5.75 Å². The summed E-state index contributed by atoms with van der Waals surface area (Å²) in [6, 6.07) is 6.40. The normalized spacial score (nSPS) is 11.1. The molecule has 0 spiro atoms. The third-order valence-electron chi connectivity index (χ3n) is 1.97. The Hall–Kier alpha value is -1.97. The molecule has 1 aromatic carbocycles. The van der Waals surface area contributed by atoms with Crippen molar-refractivity contribution in [3.8, 4) is 5.75 Å². The molecule has 0 fully saturated rings. The van der Waals surface area contributed by atoms with Crippen LogP contribution in [0.4, 0.5) is 0 Å². The summed E-state index contributed by atoms with van der Waals surface area (Å²) in [6.07, 6.45) is 1.68. The average Bonchev–Trinajstić information content (AvgIpc) is 2.26. The standard InChI is InChI=1S/C12H15NO3/c1-13(2)8-11(12(15)16-3)9-4-6-10(14)7-5-9/h4-8,14H,1-3H3/b11-8+. The summed E-state index contributed by atoms with van der Waals surface area (Å²) in [5.74, 6) is -0.239. The minimum atomic E-state index is -0.403. The van der Waals surface area contributed by atoms with Crippen LogP contribution in [0, 0.1) is 0 Å². The Labute approximate surface area is 94.8 Å². The third kappa shape index (κ3) is 3.02. The zero-order valence-corrected chi connectivity index (χ0v) is 9.60. The molecule has 0 saturated carbocycles. The molecule has 86 valence electrons. The lowest BCUT2D eigenvalue weighted by molar-refractivity contribution is -0.133. The van der Waals surface area contributed by atoms with E-state index in [1.165, 1.54) is 19.2 Å². The quantitative estimate of drug-likeness (QED) is 0.620. The minimum absolute atomic E-state index is 0.165. The molecule has 1 aromatic rings. The molecule has 0 amide bonds. The summed E-state index contributed by atoms with van der Waals surface area (Å²) in [5, 5.41) is 9.17. The Kier molecular flexibility index (Phi) is 3.94. The number of carbonyl (C=O) groups excluding carboxylic acids is 1. The molecule has 0 heterocycles. The second-order valence-corrected chi connectivity index (χ2v) is 3.54. The predicted octanol–water partition coefficient (Wildman–Crippen LogP) is 1.47. The first-order valence-corrected chi connectivity index (χ1v) is 4.80. The number of phenolic OH excluding ortho intramolecular Hbond substituents is 1. The molecule has 16 heavy (non-hydrogen) atoms. The van der Waals surface area contributed by atoms with Crippen LogP contribution in [0.2, 0.25) is 0 Å². The van der Waals surface area contributed by atoms with Crippen molar-refractivity contribution < 1.29 is 14.6 Å². The van der Waals surface area contributed by atoms with Crippen molar-refractivity contribution in [2.24, 2.45) is 0 Å². The van der Waals surface area contributed by atoms with Crippen LogP contribution >= 0.6 is 0 Å². The van der Waals surface area contributed by atoms with Gasteiger partial charge in [-0.25, -0.2) is 4.79 Å². The number of aromatic hydroxyl groups is 1. The van der Waals surface area contributed by atoms with Gasteiger partial charge in [-0.05, 0) is 17.7 Å². The van der Waals surface area contributed by atoms with E-state index in [-0.39, 0.29) is 5.75 Å². The van der Waals surface area contributed by atoms with Crippen LogP contribution in [0.15, 0.2) is 30.5 Å². The maximum Gasteiger partial charge on any atom is 0.339 e. The maximum atomic E-state index is 11.6. The highest BCUT2D eigenvalue weighted by molar-refractivity contribution is 6.16. The number of ether oxygens (including phenoxy) is 1. The molecule has 0 bridgehead atoms. The van der Waals surface area contributed by atoms with E-state index in [9.17, 15) is 9.90 Å². The van der Waals surface area contributed by atoms with Crippen LogP contribution < -0.4 is 0 Å². The van der Waals surface area contributed by atoms with Gasteiger partial charge in [-0.1, -0.05) is 12.1 Å². The molecule has 0 radical (unpaired) electrons. The van der Waals surface area contributed by atoms with Gasteiger partial charge in [0.2, 0.25) is 0 Å². The lowest BCUT2D eigenvalue weighted by Crippen LogP contribution is -2.10. The monoisotopic (exact) mass is 221 g/mol. The first kappa shape index (κ1) is 12.1. The van der Waals surface area contributed by atoms with Gasteiger partial charge >= 0.3 is 5.97 Å². The van der Waals surface area contributed by atoms with Gasteiger partial charge in [-0.3, -0.25) is 0 Å². The molecule has 0 atom stereocenters. The van der Waals surface area contributed by atoms with E-state index in [4.69, 9.17) is 4.74 Å². The molecular formula is C12H15NO3. The highest BCUT2D eigenvalue weighted by atomic mass is 16.5. The summed E-state index contributed by atoms with van der Waals surface area (Å²) in [4.78, 5) is 13.3. The van der Waals surface area contributed by atoms with Crippen molar-refractivity contribution in [1.29, 1.82) is 0 Å². The van der Waals surface area contributed by atoms with Gasteiger partial charge in [0.05, 0.1) is 12.7 Å². The van der Waals surface area contributed by atoms with Crippen LogP contribution in [0.3, 0.4) is 0 Å². The van der Waals surface area contributed by atoms with Crippen LogP contribution in [-0.4, -0.2) is 37.2 Å². The van der Waals surface area contributed by atoms with E-state index in [1.54, 1.807) is 23.2 Å². The van der Waals surface area contributed by atoms with Gasteiger partial charge in [0.25, 0.3) is 0 Å². The molecule has 1 N–H and O–H groups in total. The predicted molar refractivity (Wildman–Crippen MR) is 61.8 cm³/mol. The number of esters is 1. The number of rotatable bonds is 3. The highest BCUT2D eigenvalue weighted by Gasteiger charge is 2.12. The van der Waals surface area contributed by atoms with Crippen LogP contribution in [0.1, 0.15) is 5.56 Å². The molecule has 0 unspecified atom stereocenters. The zero-order valence-electron chi connectivity index (χ0n) is 9.60. The van der Waals surface area contributed by atoms with Gasteiger partial charge in [-0.2, -0.15) is 0 Å². The van der Waals surface area contributed by atoms with E-state index < -0.39 is 5.97 Å². The highest BCUT2D eigenvalue weighted by Crippen LogP contribution is 2.19. The van der Waals surface area contributed by atoms with Crippen LogP contribution in [-0.2, 0) is 9.53 Å². The second kappa shape index (κ2) is 5.21. The topological polar surface area (TPSA) is 49.8 Å². The summed E-state index contributed by atoms with van der Waals surface area (Å²) in [5.41, 5.74) is 1.16. The molecule has 4 heteroatoms. The smallest absolute Gasteiger partial charge is 0.339 e. The SMILES string of the molecule is COC(=O)/C(=C/N(C)C)c1ccc(O)cc1. The van der Waals surface area contributed by atoms with E-state index in [0.717, 1.165) is 0 Å². The molecule has 4 nitrogen and oxygen atoms in total. The van der Waals surface area contributed by atoms with Crippen molar-refractivity contribution in [3.05, 3.63) is 36.0 Å². The Bertz CT molecular complexity index is 393. The lowest BCUT2D eigenvalue weighted by Gasteiger charge is -2.10.